The smallest absolute Gasteiger partial charge is 0.258 e. The molecular formula is C20H19ClFN3O4. The Hall–Kier alpha value is -2.71. The van der Waals surface area contributed by atoms with E-state index < -0.39 is 5.82 Å². The zero-order chi connectivity index (χ0) is 20.6. The quantitative estimate of drug-likeness (QED) is 0.637. The third-order valence-corrected chi connectivity index (χ3v) is 5.62. The van der Waals surface area contributed by atoms with E-state index in [1.54, 1.807) is 12.1 Å². The van der Waals surface area contributed by atoms with E-state index in [9.17, 15) is 14.0 Å². The number of nitrogens with one attached hydrogen (secondary N) is 2. The number of carbonyl (C=O) groups is 2. The highest BCUT2D eigenvalue weighted by atomic mass is 35.5. The second kappa shape index (κ2) is 7.27. The number of nitrogens with zero attached hydrogens (tertiary/aromatic N) is 1. The average molecular weight is 420 g/mol. The van der Waals surface area contributed by atoms with E-state index in [0.29, 0.717) is 30.5 Å². The second-order valence-electron chi connectivity index (χ2n) is 7.65. The first-order valence-electron chi connectivity index (χ1n) is 9.09. The van der Waals surface area contributed by atoms with Gasteiger partial charge in [0.1, 0.15) is 11.6 Å². The van der Waals surface area contributed by atoms with Crippen molar-refractivity contribution < 1.29 is 23.8 Å². The fraction of sp³-hybridized carbons (Fsp3) is 0.350. The summed E-state index contributed by atoms with van der Waals surface area (Å²) in [5.74, 6) is -0.915. The highest BCUT2D eigenvalue weighted by Crippen LogP contribution is 2.60. The van der Waals surface area contributed by atoms with E-state index in [1.165, 1.54) is 18.3 Å². The summed E-state index contributed by atoms with van der Waals surface area (Å²) < 4.78 is 18.7. The van der Waals surface area contributed by atoms with Crippen molar-refractivity contribution in [1.29, 1.82) is 0 Å². The average Bonchev–Trinajstić information content (AvgIpc) is 2.66. The molecule has 1 aromatic heterocycles. The minimum Gasteiger partial charge on any atom is -0.484 e. The van der Waals surface area contributed by atoms with Crippen LogP contribution in [0.5, 0.6) is 5.75 Å². The van der Waals surface area contributed by atoms with Crippen LogP contribution in [-0.2, 0) is 11.4 Å². The number of pyridine rings is 1. The van der Waals surface area contributed by atoms with E-state index in [0.717, 1.165) is 6.07 Å². The first kappa shape index (κ1) is 19.6. The molecular weight excluding hydrogens is 401 g/mol. The minimum absolute atomic E-state index is 0.0117. The molecule has 2 aromatic rings. The zero-order valence-electron chi connectivity index (χ0n) is 15.4. The molecule has 3 fully saturated rings. The molecule has 3 saturated carbocycles. The Morgan fingerprint density at radius 1 is 1.17 bits per heavy atom. The maximum Gasteiger partial charge on any atom is 0.258 e. The Kier molecular flexibility index (Phi) is 4.92. The van der Waals surface area contributed by atoms with Crippen LogP contribution in [0.3, 0.4) is 0 Å². The molecule has 0 spiro atoms. The molecule has 1 heterocycles. The maximum absolute atomic E-state index is 13.4. The standard InChI is InChI=1S/C20H19ClFN3O4/c21-15-2-1-14(6-16(15)22)29-8-17(27)24-19-9-20(10-19,11-19)25-18(28)12-3-4-23-13(5-12)7-26/h1-6,26H,7-11H2,(H,24,27)(H,25,28). The van der Waals surface area contributed by atoms with Gasteiger partial charge >= 0.3 is 0 Å². The first-order valence-corrected chi connectivity index (χ1v) is 9.47. The lowest BCUT2D eigenvalue weighted by Gasteiger charge is -2.70. The highest BCUT2D eigenvalue weighted by molar-refractivity contribution is 6.30. The maximum atomic E-state index is 13.4. The molecule has 0 saturated heterocycles. The SMILES string of the molecule is O=C(COc1ccc(Cl)c(F)c1)NC12CC(NC(=O)c3ccnc(CO)c3)(C1)C2. The number of aromatic nitrogens is 1. The Balaban J connectivity index is 1.24. The lowest BCUT2D eigenvalue weighted by molar-refractivity contribution is -0.141. The van der Waals surface area contributed by atoms with Gasteiger partial charge in [-0.05, 0) is 43.5 Å². The molecule has 0 unspecified atom stereocenters. The summed E-state index contributed by atoms with van der Waals surface area (Å²) in [6.07, 6.45) is 3.41. The predicted molar refractivity (Wildman–Crippen MR) is 102 cm³/mol. The summed E-state index contributed by atoms with van der Waals surface area (Å²) in [5.41, 5.74) is 0.232. The third kappa shape index (κ3) is 3.90. The van der Waals surface area contributed by atoms with Gasteiger partial charge in [-0.1, -0.05) is 11.6 Å². The van der Waals surface area contributed by atoms with Gasteiger partial charge in [0.25, 0.3) is 11.8 Å². The van der Waals surface area contributed by atoms with Crippen LogP contribution in [0, 0.1) is 5.82 Å². The number of benzene rings is 1. The number of aliphatic hydroxyl groups is 1. The molecule has 3 aliphatic rings. The van der Waals surface area contributed by atoms with E-state index >= 15 is 0 Å². The molecule has 7 nitrogen and oxygen atoms in total. The van der Waals surface area contributed by atoms with Crippen LogP contribution < -0.4 is 15.4 Å². The normalized spacial score (nSPS) is 24.1. The van der Waals surface area contributed by atoms with Crippen molar-refractivity contribution in [3.05, 3.63) is 58.6 Å². The van der Waals surface area contributed by atoms with Crippen LogP contribution >= 0.6 is 11.6 Å². The fourth-order valence-electron chi connectivity index (χ4n) is 4.12. The van der Waals surface area contributed by atoms with Crippen LogP contribution in [0.2, 0.25) is 5.02 Å². The van der Waals surface area contributed by atoms with Crippen LogP contribution in [0.4, 0.5) is 4.39 Å². The van der Waals surface area contributed by atoms with E-state index in [4.69, 9.17) is 21.4 Å². The van der Waals surface area contributed by atoms with Crippen molar-refractivity contribution in [3.63, 3.8) is 0 Å². The zero-order valence-corrected chi connectivity index (χ0v) is 16.1. The molecule has 1 aromatic carbocycles. The topological polar surface area (TPSA) is 101 Å². The Bertz CT molecular complexity index is 964. The lowest BCUT2D eigenvalue weighted by Crippen LogP contribution is -2.84. The summed E-state index contributed by atoms with van der Waals surface area (Å²) in [6.45, 7) is -0.463. The molecule has 3 N–H and O–H groups in total. The second-order valence-corrected chi connectivity index (χ2v) is 8.06. The predicted octanol–water partition coefficient (Wildman–Crippen LogP) is 1.97. The summed E-state index contributed by atoms with van der Waals surface area (Å²) in [5, 5.41) is 15.1. The van der Waals surface area contributed by atoms with Crippen molar-refractivity contribution >= 4 is 23.4 Å². The number of ether oxygens (including phenoxy) is 1. The van der Waals surface area contributed by atoms with Gasteiger partial charge in [-0.2, -0.15) is 0 Å². The number of hydrogen-bond donors (Lipinski definition) is 3. The van der Waals surface area contributed by atoms with Gasteiger partial charge in [0.05, 0.1) is 17.3 Å². The first-order chi connectivity index (χ1) is 13.8. The summed E-state index contributed by atoms with van der Waals surface area (Å²) in [6, 6.07) is 7.13. The molecule has 0 radical (unpaired) electrons. The van der Waals surface area contributed by atoms with Crippen LogP contribution in [0.25, 0.3) is 0 Å². The lowest BCUT2D eigenvalue weighted by atomic mass is 9.44. The van der Waals surface area contributed by atoms with Crippen molar-refractivity contribution in [2.45, 2.75) is 36.9 Å². The molecule has 2 bridgehead atoms. The van der Waals surface area contributed by atoms with Crippen molar-refractivity contribution in [2.24, 2.45) is 0 Å². The molecule has 0 aliphatic heterocycles. The van der Waals surface area contributed by atoms with Crippen molar-refractivity contribution in [3.8, 4) is 5.75 Å². The molecule has 9 heteroatoms. The Morgan fingerprint density at radius 2 is 1.90 bits per heavy atom. The van der Waals surface area contributed by atoms with Crippen molar-refractivity contribution in [2.75, 3.05) is 6.61 Å². The van der Waals surface area contributed by atoms with Gasteiger partial charge < -0.3 is 20.5 Å². The van der Waals surface area contributed by atoms with E-state index in [-0.39, 0.29) is 46.9 Å². The third-order valence-electron chi connectivity index (χ3n) is 5.32. The number of aliphatic hydroxyl groups excluding tert-OH is 1. The van der Waals surface area contributed by atoms with Crippen molar-refractivity contribution in [1.82, 2.24) is 15.6 Å². The van der Waals surface area contributed by atoms with Crippen LogP contribution in [-0.4, -0.2) is 39.6 Å². The summed E-state index contributed by atoms with van der Waals surface area (Å²) >= 11 is 5.61. The monoisotopic (exact) mass is 419 g/mol. The van der Waals surface area contributed by atoms with Gasteiger partial charge in [-0.3, -0.25) is 14.6 Å². The minimum atomic E-state index is -0.609. The summed E-state index contributed by atoms with van der Waals surface area (Å²) in [7, 11) is 0. The van der Waals surface area contributed by atoms with Gasteiger partial charge in [0.2, 0.25) is 0 Å². The van der Waals surface area contributed by atoms with Gasteiger partial charge in [0, 0.05) is 28.9 Å². The number of halogens is 2. The van der Waals surface area contributed by atoms with Gasteiger partial charge in [0.15, 0.2) is 6.61 Å². The van der Waals surface area contributed by atoms with Gasteiger partial charge in [-0.25, -0.2) is 4.39 Å². The molecule has 29 heavy (non-hydrogen) atoms. The number of amides is 2. The van der Waals surface area contributed by atoms with Crippen LogP contribution in [0.15, 0.2) is 36.5 Å². The Morgan fingerprint density at radius 3 is 2.59 bits per heavy atom. The molecule has 5 rings (SSSR count). The van der Waals surface area contributed by atoms with Crippen LogP contribution in [0.1, 0.15) is 35.3 Å². The fourth-order valence-corrected chi connectivity index (χ4v) is 4.24. The van der Waals surface area contributed by atoms with E-state index in [2.05, 4.69) is 15.6 Å². The molecule has 0 atom stereocenters. The molecule has 152 valence electrons. The highest BCUT2D eigenvalue weighted by Gasteiger charge is 2.69. The number of carbonyl (C=O) groups excluding carboxylic acids is 2. The number of hydrogen-bond acceptors (Lipinski definition) is 5. The van der Waals surface area contributed by atoms with Gasteiger partial charge in [-0.15, -0.1) is 0 Å². The largest absolute Gasteiger partial charge is 0.484 e. The molecule has 2 amide bonds. The molecule has 3 aliphatic carbocycles. The van der Waals surface area contributed by atoms with E-state index in [1.807, 2.05) is 0 Å². The Labute approximate surface area is 171 Å². The number of rotatable bonds is 7. The summed E-state index contributed by atoms with van der Waals surface area (Å²) in [4.78, 5) is 28.5.